The van der Waals surface area contributed by atoms with Gasteiger partial charge in [-0.25, -0.2) is 4.99 Å². The zero-order chi connectivity index (χ0) is 20.2. The van der Waals surface area contributed by atoms with Gasteiger partial charge in [0, 0.05) is 34.9 Å². The van der Waals surface area contributed by atoms with Crippen molar-refractivity contribution in [2.75, 3.05) is 25.1 Å². The molecule has 2 fully saturated rings. The van der Waals surface area contributed by atoms with Crippen LogP contribution in [-0.4, -0.2) is 31.3 Å². The highest BCUT2D eigenvalue weighted by Gasteiger charge is 2.24. The number of ether oxygens (including phenoxy) is 1. The van der Waals surface area contributed by atoms with Crippen LogP contribution in [0.5, 0.6) is 5.75 Å². The average Bonchev–Trinajstić information content (AvgIpc) is 3.09. The van der Waals surface area contributed by atoms with Gasteiger partial charge in [-0.1, -0.05) is 15.9 Å². The molecule has 0 aliphatic carbocycles. The number of anilines is 1. The largest absolute Gasteiger partial charge is 0.496 e. The van der Waals surface area contributed by atoms with Gasteiger partial charge in [-0.15, -0.1) is 0 Å². The van der Waals surface area contributed by atoms with E-state index in [2.05, 4.69) is 43.3 Å². The van der Waals surface area contributed by atoms with E-state index in [1.54, 1.807) is 7.11 Å². The molecule has 0 saturated carbocycles. The fraction of sp³-hybridized carbons (Fsp3) is 0.273. The Hall–Kier alpha value is -2.25. The summed E-state index contributed by atoms with van der Waals surface area (Å²) >= 11 is 4.75. The van der Waals surface area contributed by atoms with Crippen LogP contribution in [0.2, 0.25) is 0 Å². The van der Waals surface area contributed by atoms with Crippen molar-refractivity contribution in [1.82, 2.24) is 5.32 Å². The van der Waals surface area contributed by atoms with Crippen molar-refractivity contribution >= 4 is 56.2 Å². The lowest BCUT2D eigenvalue weighted by Crippen LogP contribution is -2.29. The van der Waals surface area contributed by atoms with Gasteiger partial charge in [0.25, 0.3) is 5.91 Å². The highest BCUT2D eigenvalue weighted by atomic mass is 79.9. The van der Waals surface area contributed by atoms with Crippen LogP contribution in [0, 0.1) is 0 Å². The number of amides is 1. The van der Waals surface area contributed by atoms with E-state index in [-0.39, 0.29) is 5.91 Å². The van der Waals surface area contributed by atoms with Crippen LogP contribution in [-0.2, 0) is 4.79 Å². The van der Waals surface area contributed by atoms with Crippen LogP contribution >= 0.6 is 27.7 Å². The first-order valence-corrected chi connectivity index (χ1v) is 11.2. The number of piperidine rings is 1. The van der Waals surface area contributed by atoms with E-state index in [1.807, 2.05) is 36.4 Å². The molecule has 1 N–H and O–H groups in total. The third-order valence-corrected chi connectivity index (χ3v) is 6.37. The van der Waals surface area contributed by atoms with E-state index in [0.29, 0.717) is 10.1 Å². The molecule has 2 heterocycles. The van der Waals surface area contributed by atoms with Crippen LogP contribution in [0.3, 0.4) is 0 Å². The number of nitrogens with one attached hydrogen (secondary N) is 1. The molecule has 2 aliphatic rings. The Morgan fingerprint density at radius 3 is 2.62 bits per heavy atom. The van der Waals surface area contributed by atoms with Gasteiger partial charge in [0.05, 0.1) is 17.7 Å². The molecule has 0 atom stereocenters. The highest BCUT2D eigenvalue weighted by molar-refractivity contribution is 9.10. The Balaban J connectivity index is 1.55. The molecule has 2 aliphatic heterocycles. The molecule has 4 rings (SSSR count). The van der Waals surface area contributed by atoms with Gasteiger partial charge in [0.15, 0.2) is 5.17 Å². The molecule has 150 valence electrons. The molecule has 2 aromatic rings. The second-order valence-corrected chi connectivity index (χ2v) is 8.88. The maximum atomic E-state index is 12.4. The topological polar surface area (TPSA) is 53.9 Å². The minimum atomic E-state index is -0.145. The minimum absolute atomic E-state index is 0.145. The zero-order valence-electron chi connectivity index (χ0n) is 16.2. The Morgan fingerprint density at radius 1 is 1.14 bits per heavy atom. The number of aliphatic imine (C=N–C) groups is 1. The van der Waals surface area contributed by atoms with Gasteiger partial charge in [0.2, 0.25) is 0 Å². The Labute approximate surface area is 183 Å². The summed E-state index contributed by atoms with van der Waals surface area (Å²) in [5.74, 6) is 0.625. The number of carbonyl (C=O) groups excluding carboxylic acids is 1. The summed E-state index contributed by atoms with van der Waals surface area (Å²) in [4.78, 5) is 19.9. The summed E-state index contributed by atoms with van der Waals surface area (Å²) in [6.07, 6.45) is 5.62. The second kappa shape index (κ2) is 9.05. The molecule has 0 bridgehead atoms. The third kappa shape index (κ3) is 4.85. The molecule has 0 spiro atoms. The fourth-order valence-corrected chi connectivity index (χ4v) is 4.52. The maximum Gasteiger partial charge on any atom is 0.264 e. The van der Waals surface area contributed by atoms with Gasteiger partial charge >= 0.3 is 0 Å². The van der Waals surface area contributed by atoms with E-state index < -0.39 is 0 Å². The van der Waals surface area contributed by atoms with Gasteiger partial charge < -0.3 is 15.0 Å². The smallest absolute Gasteiger partial charge is 0.264 e. The summed E-state index contributed by atoms with van der Waals surface area (Å²) < 4.78 is 6.60. The predicted octanol–water partition coefficient (Wildman–Crippen LogP) is 5.34. The summed E-state index contributed by atoms with van der Waals surface area (Å²) in [6.45, 7) is 2.16. The SMILES string of the molecule is COc1cc(N2CCCCC2)ccc1/C=C1\SC(=Nc2ccc(Br)cc2)NC1=O. The van der Waals surface area contributed by atoms with Gasteiger partial charge in [-0.3, -0.25) is 4.79 Å². The van der Waals surface area contributed by atoms with Crippen molar-refractivity contribution in [1.29, 1.82) is 0 Å². The van der Waals surface area contributed by atoms with Crippen LogP contribution in [0.15, 0.2) is 56.8 Å². The Morgan fingerprint density at radius 2 is 1.90 bits per heavy atom. The van der Waals surface area contributed by atoms with Gasteiger partial charge in [-0.05, 0) is 73.5 Å². The first-order chi connectivity index (χ1) is 14.1. The summed E-state index contributed by atoms with van der Waals surface area (Å²) in [5, 5.41) is 3.41. The second-order valence-electron chi connectivity index (χ2n) is 6.93. The number of hydrogen-bond acceptors (Lipinski definition) is 5. The molecule has 2 aromatic carbocycles. The molecule has 0 aromatic heterocycles. The number of halogens is 1. The number of methoxy groups -OCH3 is 1. The average molecular weight is 472 g/mol. The number of amidine groups is 1. The monoisotopic (exact) mass is 471 g/mol. The van der Waals surface area contributed by atoms with E-state index in [0.717, 1.165) is 34.6 Å². The summed E-state index contributed by atoms with van der Waals surface area (Å²) in [5.41, 5.74) is 2.85. The van der Waals surface area contributed by atoms with Crippen LogP contribution in [0.4, 0.5) is 11.4 Å². The molecule has 1 amide bonds. The van der Waals surface area contributed by atoms with Crippen LogP contribution in [0.25, 0.3) is 6.08 Å². The number of carbonyl (C=O) groups is 1. The molecular formula is C22H22BrN3O2S. The third-order valence-electron chi connectivity index (χ3n) is 4.93. The normalized spacial score (nSPS) is 19.7. The highest BCUT2D eigenvalue weighted by Crippen LogP contribution is 2.33. The lowest BCUT2D eigenvalue weighted by atomic mass is 10.1. The Kier molecular flexibility index (Phi) is 6.25. The van der Waals surface area contributed by atoms with E-state index >= 15 is 0 Å². The lowest BCUT2D eigenvalue weighted by molar-refractivity contribution is -0.115. The van der Waals surface area contributed by atoms with Crippen molar-refractivity contribution in [2.45, 2.75) is 19.3 Å². The molecule has 2 saturated heterocycles. The summed E-state index contributed by atoms with van der Waals surface area (Å²) in [7, 11) is 1.67. The van der Waals surface area contributed by atoms with Crippen molar-refractivity contribution < 1.29 is 9.53 Å². The van der Waals surface area contributed by atoms with Crippen LogP contribution in [0.1, 0.15) is 24.8 Å². The number of rotatable bonds is 4. The molecule has 0 radical (unpaired) electrons. The number of nitrogens with zero attached hydrogens (tertiary/aromatic N) is 2. The van der Waals surface area contributed by atoms with Crippen molar-refractivity contribution in [2.24, 2.45) is 4.99 Å². The number of hydrogen-bond donors (Lipinski definition) is 1. The minimum Gasteiger partial charge on any atom is -0.496 e. The van der Waals surface area contributed by atoms with Crippen molar-refractivity contribution in [3.05, 3.63) is 57.4 Å². The lowest BCUT2D eigenvalue weighted by Gasteiger charge is -2.29. The standard InChI is InChI=1S/C22H22BrN3O2S/c1-28-19-14-18(26-11-3-2-4-12-26)10-5-15(19)13-20-21(27)25-22(29-20)24-17-8-6-16(23)7-9-17/h5-10,13-14H,2-4,11-12H2,1H3,(H,24,25,27)/b20-13-. The van der Waals surface area contributed by atoms with Crippen molar-refractivity contribution in [3.63, 3.8) is 0 Å². The number of thioether (sulfide) groups is 1. The molecule has 5 nitrogen and oxygen atoms in total. The molecule has 0 unspecified atom stereocenters. The van der Waals surface area contributed by atoms with Crippen LogP contribution < -0.4 is 15.0 Å². The van der Waals surface area contributed by atoms with Gasteiger partial charge in [-0.2, -0.15) is 0 Å². The Bertz CT molecular complexity index is 967. The van der Waals surface area contributed by atoms with Gasteiger partial charge in [0.1, 0.15) is 5.75 Å². The number of benzene rings is 2. The fourth-order valence-electron chi connectivity index (χ4n) is 3.42. The summed E-state index contributed by atoms with van der Waals surface area (Å²) in [6, 6.07) is 13.8. The first kappa shape index (κ1) is 20.0. The first-order valence-electron chi connectivity index (χ1n) is 9.60. The zero-order valence-corrected chi connectivity index (χ0v) is 18.6. The molecule has 29 heavy (non-hydrogen) atoms. The quantitative estimate of drug-likeness (QED) is 0.611. The maximum absolute atomic E-state index is 12.4. The molecule has 7 heteroatoms. The van der Waals surface area contributed by atoms with E-state index in [1.165, 1.54) is 36.7 Å². The predicted molar refractivity (Wildman–Crippen MR) is 124 cm³/mol. The van der Waals surface area contributed by atoms with E-state index in [4.69, 9.17) is 4.74 Å². The van der Waals surface area contributed by atoms with E-state index in [9.17, 15) is 4.79 Å². The van der Waals surface area contributed by atoms with Crippen molar-refractivity contribution in [3.8, 4) is 5.75 Å². The molecular weight excluding hydrogens is 450 g/mol.